The van der Waals surface area contributed by atoms with Gasteiger partial charge in [0.1, 0.15) is 17.2 Å². The van der Waals surface area contributed by atoms with Crippen LogP contribution in [0.25, 0.3) is 0 Å². The molecule has 0 aromatic heterocycles. The van der Waals surface area contributed by atoms with Crippen LogP contribution in [0, 0.1) is 5.92 Å². The highest BCUT2D eigenvalue weighted by molar-refractivity contribution is 5.80. The van der Waals surface area contributed by atoms with Gasteiger partial charge in [-0.25, -0.2) is 0 Å². The van der Waals surface area contributed by atoms with Gasteiger partial charge in [-0.05, 0) is 31.6 Å². The quantitative estimate of drug-likeness (QED) is 0.475. The fourth-order valence-corrected chi connectivity index (χ4v) is 4.69. The molecule has 30 heavy (non-hydrogen) atoms. The van der Waals surface area contributed by atoms with E-state index in [0.717, 1.165) is 54.2 Å². The fourth-order valence-electron chi connectivity index (χ4n) is 4.69. The molecule has 0 spiro atoms. The summed E-state index contributed by atoms with van der Waals surface area (Å²) >= 11 is 0. The van der Waals surface area contributed by atoms with Crippen molar-refractivity contribution in [1.82, 2.24) is 15.5 Å². The summed E-state index contributed by atoms with van der Waals surface area (Å²) in [7, 11) is 6.81. The molecule has 0 radical (unpaired) electrons. The first kappa shape index (κ1) is 22.5. The van der Waals surface area contributed by atoms with Crippen molar-refractivity contribution < 1.29 is 14.2 Å². The first-order chi connectivity index (χ1) is 14.7. The van der Waals surface area contributed by atoms with E-state index < -0.39 is 0 Å². The second kappa shape index (κ2) is 11.3. The van der Waals surface area contributed by atoms with Crippen molar-refractivity contribution in [3.63, 3.8) is 0 Å². The standard InChI is InChI=1S/C23H38N4O3/c1-24-23(26-18-10-12-27(16-18)15-17-7-5-6-8-17)25-11-9-20-21(29-3)13-19(28-2)14-22(20)30-4/h13-14,17-18H,5-12,15-16H2,1-4H3,(H2,24,25,26). The lowest BCUT2D eigenvalue weighted by molar-refractivity contribution is 0.275. The lowest BCUT2D eigenvalue weighted by Gasteiger charge is -2.21. The van der Waals surface area contributed by atoms with Crippen molar-refractivity contribution >= 4 is 5.96 Å². The Labute approximate surface area is 181 Å². The fraction of sp³-hybridized carbons (Fsp3) is 0.696. The molecule has 2 fully saturated rings. The van der Waals surface area contributed by atoms with Crippen LogP contribution in [0.15, 0.2) is 17.1 Å². The summed E-state index contributed by atoms with van der Waals surface area (Å²) in [5.74, 6) is 4.04. The van der Waals surface area contributed by atoms with Crippen LogP contribution in [0.3, 0.4) is 0 Å². The monoisotopic (exact) mass is 418 g/mol. The number of hydrogen-bond acceptors (Lipinski definition) is 5. The van der Waals surface area contributed by atoms with Crippen molar-refractivity contribution in [2.75, 3.05) is 54.6 Å². The number of rotatable bonds is 9. The molecule has 0 amide bonds. The molecule has 168 valence electrons. The number of ether oxygens (including phenoxy) is 3. The Morgan fingerprint density at radius 2 is 1.77 bits per heavy atom. The van der Waals surface area contributed by atoms with E-state index in [-0.39, 0.29) is 0 Å². The Morgan fingerprint density at radius 1 is 1.07 bits per heavy atom. The van der Waals surface area contributed by atoms with Gasteiger partial charge in [0.2, 0.25) is 0 Å². The number of likely N-dealkylation sites (tertiary alicyclic amines) is 1. The van der Waals surface area contributed by atoms with Crippen molar-refractivity contribution in [3.8, 4) is 17.2 Å². The maximum Gasteiger partial charge on any atom is 0.191 e. The van der Waals surface area contributed by atoms with Crippen LogP contribution in [-0.4, -0.2) is 71.5 Å². The van der Waals surface area contributed by atoms with E-state index in [1.807, 2.05) is 19.2 Å². The third-order valence-electron chi connectivity index (χ3n) is 6.31. The molecule has 2 aliphatic rings. The van der Waals surface area contributed by atoms with Gasteiger partial charge >= 0.3 is 0 Å². The maximum absolute atomic E-state index is 5.55. The lowest BCUT2D eigenvalue weighted by Crippen LogP contribution is -2.45. The van der Waals surface area contributed by atoms with E-state index in [2.05, 4.69) is 20.5 Å². The minimum Gasteiger partial charge on any atom is -0.496 e. The smallest absolute Gasteiger partial charge is 0.191 e. The summed E-state index contributed by atoms with van der Waals surface area (Å²) in [6, 6.07) is 4.24. The van der Waals surface area contributed by atoms with Crippen molar-refractivity contribution in [3.05, 3.63) is 17.7 Å². The number of nitrogens with zero attached hydrogens (tertiary/aromatic N) is 2. The van der Waals surface area contributed by atoms with Gasteiger partial charge in [0.05, 0.1) is 21.3 Å². The van der Waals surface area contributed by atoms with Gasteiger partial charge in [-0.2, -0.15) is 0 Å². The number of nitrogens with one attached hydrogen (secondary N) is 2. The zero-order valence-electron chi connectivity index (χ0n) is 19.0. The molecule has 2 N–H and O–H groups in total. The molecule has 7 nitrogen and oxygen atoms in total. The highest BCUT2D eigenvalue weighted by atomic mass is 16.5. The zero-order valence-corrected chi connectivity index (χ0v) is 19.0. The average molecular weight is 419 g/mol. The molecule has 1 aromatic carbocycles. The Hall–Kier alpha value is -2.15. The lowest BCUT2D eigenvalue weighted by atomic mass is 10.1. The Kier molecular flexibility index (Phi) is 8.49. The summed E-state index contributed by atoms with van der Waals surface area (Å²) in [4.78, 5) is 7.04. The molecule has 7 heteroatoms. The highest BCUT2D eigenvalue weighted by Crippen LogP contribution is 2.34. The van der Waals surface area contributed by atoms with Gasteiger partial charge in [0, 0.05) is 57.0 Å². The maximum atomic E-state index is 5.55. The molecular weight excluding hydrogens is 380 g/mol. The van der Waals surface area contributed by atoms with Crippen LogP contribution in [0.4, 0.5) is 0 Å². The van der Waals surface area contributed by atoms with Gasteiger partial charge in [-0.15, -0.1) is 0 Å². The Morgan fingerprint density at radius 3 is 2.37 bits per heavy atom. The van der Waals surface area contributed by atoms with Crippen LogP contribution in [0.5, 0.6) is 17.2 Å². The van der Waals surface area contributed by atoms with Gasteiger partial charge in [-0.3, -0.25) is 4.99 Å². The average Bonchev–Trinajstić information content (AvgIpc) is 3.45. The normalized spacial score (nSPS) is 20.4. The van der Waals surface area contributed by atoms with Gasteiger partial charge in [-0.1, -0.05) is 12.8 Å². The summed E-state index contributed by atoms with van der Waals surface area (Å²) in [6.45, 7) is 4.29. The van der Waals surface area contributed by atoms with E-state index in [1.54, 1.807) is 21.3 Å². The number of hydrogen-bond donors (Lipinski definition) is 2. The second-order valence-electron chi connectivity index (χ2n) is 8.30. The first-order valence-electron chi connectivity index (χ1n) is 11.1. The topological polar surface area (TPSA) is 67.4 Å². The van der Waals surface area contributed by atoms with Crippen molar-refractivity contribution in [1.29, 1.82) is 0 Å². The van der Waals surface area contributed by atoms with Crippen molar-refractivity contribution in [2.45, 2.75) is 44.6 Å². The van der Waals surface area contributed by atoms with Crippen LogP contribution >= 0.6 is 0 Å². The summed E-state index contributed by atoms with van der Waals surface area (Å²) < 4.78 is 16.4. The summed E-state index contributed by atoms with van der Waals surface area (Å²) in [5.41, 5.74) is 1.02. The van der Waals surface area contributed by atoms with Crippen LogP contribution in [0.2, 0.25) is 0 Å². The molecule has 1 aromatic rings. The van der Waals surface area contributed by atoms with E-state index >= 15 is 0 Å². The zero-order chi connectivity index (χ0) is 21.3. The molecular formula is C23H38N4O3. The summed E-state index contributed by atoms with van der Waals surface area (Å²) in [6.07, 6.45) is 7.59. The van der Waals surface area contributed by atoms with Crippen LogP contribution < -0.4 is 24.8 Å². The molecule has 0 bridgehead atoms. The predicted octanol–water partition coefficient (Wildman–Crippen LogP) is 2.68. The molecule has 1 atom stereocenters. The van der Waals surface area contributed by atoms with E-state index in [9.17, 15) is 0 Å². The van der Waals surface area contributed by atoms with E-state index in [1.165, 1.54) is 45.2 Å². The molecule has 1 saturated heterocycles. The number of aliphatic imine (C=N–C) groups is 1. The molecule has 1 heterocycles. The molecule has 1 aliphatic carbocycles. The van der Waals surface area contributed by atoms with Crippen LogP contribution in [-0.2, 0) is 6.42 Å². The van der Waals surface area contributed by atoms with E-state index in [0.29, 0.717) is 6.04 Å². The van der Waals surface area contributed by atoms with Gasteiger partial charge in [0.15, 0.2) is 5.96 Å². The molecule has 1 aliphatic heterocycles. The van der Waals surface area contributed by atoms with Gasteiger partial charge in [0.25, 0.3) is 0 Å². The second-order valence-corrected chi connectivity index (χ2v) is 8.30. The van der Waals surface area contributed by atoms with E-state index in [4.69, 9.17) is 14.2 Å². The highest BCUT2D eigenvalue weighted by Gasteiger charge is 2.26. The number of methoxy groups -OCH3 is 3. The minimum absolute atomic E-state index is 0.461. The Bertz CT molecular complexity index is 679. The summed E-state index contributed by atoms with van der Waals surface area (Å²) in [5, 5.41) is 7.04. The third kappa shape index (κ3) is 5.94. The predicted molar refractivity (Wildman–Crippen MR) is 121 cm³/mol. The van der Waals surface area contributed by atoms with Crippen LogP contribution in [0.1, 0.15) is 37.7 Å². The number of benzene rings is 1. The number of guanidine groups is 1. The molecule has 3 rings (SSSR count). The van der Waals surface area contributed by atoms with Gasteiger partial charge < -0.3 is 29.7 Å². The minimum atomic E-state index is 0.461. The largest absolute Gasteiger partial charge is 0.496 e. The molecule has 1 saturated carbocycles. The first-order valence-corrected chi connectivity index (χ1v) is 11.1. The SMILES string of the molecule is CN=C(NCCc1c(OC)cc(OC)cc1OC)NC1CCN(CC2CCCC2)C1. The molecule has 1 unspecified atom stereocenters. The van der Waals surface area contributed by atoms with Crippen molar-refractivity contribution in [2.24, 2.45) is 10.9 Å². The Balaban J connectivity index is 1.48. The third-order valence-corrected chi connectivity index (χ3v) is 6.31.